The molecule has 1 aliphatic carbocycles. The van der Waals surface area contributed by atoms with Crippen LogP contribution in [0.15, 0.2) is 11.9 Å². The van der Waals surface area contributed by atoms with Crippen molar-refractivity contribution in [2.24, 2.45) is 5.41 Å². The fourth-order valence-corrected chi connectivity index (χ4v) is 2.21. The zero-order chi connectivity index (χ0) is 11.2. The highest BCUT2D eigenvalue weighted by molar-refractivity contribution is 5.26. The van der Waals surface area contributed by atoms with Gasteiger partial charge in [-0.2, -0.15) is 0 Å². The largest absolute Gasteiger partial charge is 0.389 e. The van der Waals surface area contributed by atoms with Crippen LogP contribution in [0.25, 0.3) is 0 Å². The molecule has 15 heavy (non-hydrogen) atoms. The third-order valence-electron chi connectivity index (χ3n) is 3.34. The zero-order valence-electron chi connectivity index (χ0n) is 8.38. The van der Waals surface area contributed by atoms with Gasteiger partial charge in [-0.1, -0.05) is 0 Å². The molecular formula is C9H14N2O4. The number of nitrogens with one attached hydrogen (secondary N) is 1. The Bertz CT molecular complexity index is 324. The van der Waals surface area contributed by atoms with Gasteiger partial charge in [0.15, 0.2) is 0 Å². The van der Waals surface area contributed by atoms with Gasteiger partial charge in [-0.05, 0) is 19.8 Å². The summed E-state index contributed by atoms with van der Waals surface area (Å²) in [5.41, 5.74) is -0.156. The SMILES string of the molecule is C[C@@H]1N/C(=C\[N+](=O)[O-])C2(CC2)[C@H](O)[C@@H]1O. The van der Waals surface area contributed by atoms with E-state index in [0.717, 1.165) is 6.20 Å². The number of hydrogen-bond acceptors (Lipinski definition) is 5. The Morgan fingerprint density at radius 1 is 1.60 bits per heavy atom. The average molecular weight is 214 g/mol. The lowest BCUT2D eigenvalue weighted by atomic mass is 9.84. The molecule has 0 bridgehead atoms. The molecule has 0 aromatic heterocycles. The Morgan fingerprint density at radius 2 is 2.20 bits per heavy atom. The summed E-state index contributed by atoms with van der Waals surface area (Å²) in [5, 5.41) is 32.8. The van der Waals surface area contributed by atoms with Crippen LogP contribution in [0.3, 0.4) is 0 Å². The Hall–Kier alpha value is -1.14. The molecule has 0 radical (unpaired) electrons. The van der Waals surface area contributed by atoms with E-state index >= 15 is 0 Å². The lowest BCUT2D eigenvalue weighted by Crippen LogP contribution is -2.55. The third-order valence-corrected chi connectivity index (χ3v) is 3.34. The predicted molar refractivity (Wildman–Crippen MR) is 51.4 cm³/mol. The topological polar surface area (TPSA) is 95.6 Å². The van der Waals surface area contributed by atoms with E-state index in [4.69, 9.17) is 0 Å². The molecule has 84 valence electrons. The van der Waals surface area contributed by atoms with Crippen molar-refractivity contribution >= 4 is 0 Å². The van der Waals surface area contributed by atoms with E-state index in [1.165, 1.54) is 0 Å². The molecule has 2 fully saturated rings. The molecule has 1 saturated heterocycles. The van der Waals surface area contributed by atoms with Crippen LogP contribution in [0.4, 0.5) is 0 Å². The van der Waals surface area contributed by atoms with Gasteiger partial charge in [0.1, 0.15) is 6.10 Å². The van der Waals surface area contributed by atoms with Crippen molar-refractivity contribution in [3.63, 3.8) is 0 Å². The molecule has 1 aliphatic heterocycles. The van der Waals surface area contributed by atoms with Crippen LogP contribution < -0.4 is 5.32 Å². The Labute approximate surface area is 86.7 Å². The second-order valence-electron chi connectivity index (χ2n) is 4.35. The lowest BCUT2D eigenvalue weighted by molar-refractivity contribution is -0.404. The van der Waals surface area contributed by atoms with Gasteiger partial charge in [0, 0.05) is 5.41 Å². The van der Waals surface area contributed by atoms with Gasteiger partial charge in [-0.3, -0.25) is 10.1 Å². The van der Waals surface area contributed by atoms with Gasteiger partial charge in [0.2, 0.25) is 0 Å². The minimum atomic E-state index is -0.903. The van der Waals surface area contributed by atoms with Crippen molar-refractivity contribution in [2.45, 2.75) is 38.0 Å². The molecule has 3 N–H and O–H groups in total. The minimum absolute atomic E-state index is 0.363. The number of rotatable bonds is 1. The normalized spacial score (nSPS) is 40.2. The first-order chi connectivity index (χ1) is 6.97. The van der Waals surface area contributed by atoms with Crippen LogP contribution in [0.2, 0.25) is 0 Å². The molecule has 0 amide bonds. The standard InChI is InChI=1S/C9H14N2O4/c1-5-7(12)8(13)9(2-3-9)6(10-5)4-11(14)15/h4-5,7-8,10,12-13H,2-3H2,1H3/b6-4-/t5-,7+,8+/m0/s1. The molecule has 0 aromatic rings. The molecule has 2 rings (SSSR count). The average Bonchev–Trinajstić information content (AvgIpc) is 2.92. The summed E-state index contributed by atoms with van der Waals surface area (Å²) in [6.07, 6.45) is 0.504. The van der Waals surface area contributed by atoms with Gasteiger partial charge in [-0.25, -0.2) is 0 Å². The van der Waals surface area contributed by atoms with E-state index < -0.39 is 22.5 Å². The van der Waals surface area contributed by atoms with Crippen LogP contribution in [0.1, 0.15) is 19.8 Å². The third kappa shape index (κ3) is 1.49. The summed E-state index contributed by atoms with van der Waals surface area (Å²) in [6, 6.07) is -0.363. The maximum Gasteiger partial charge on any atom is 0.253 e. The van der Waals surface area contributed by atoms with Gasteiger partial charge >= 0.3 is 0 Å². The second-order valence-corrected chi connectivity index (χ2v) is 4.35. The molecule has 1 heterocycles. The molecule has 0 unspecified atom stereocenters. The first-order valence-electron chi connectivity index (χ1n) is 4.96. The summed E-state index contributed by atoms with van der Waals surface area (Å²) in [5.74, 6) is 0. The van der Waals surface area contributed by atoms with Gasteiger partial charge in [-0.15, -0.1) is 0 Å². The summed E-state index contributed by atoms with van der Waals surface area (Å²) < 4.78 is 0. The quantitative estimate of drug-likeness (QED) is 0.407. The molecule has 1 spiro atoms. The molecule has 6 nitrogen and oxygen atoms in total. The molecule has 6 heteroatoms. The number of nitro groups is 1. The van der Waals surface area contributed by atoms with E-state index in [9.17, 15) is 20.3 Å². The number of hydrogen-bond donors (Lipinski definition) is 3. The fraction of sp³-hybridized carbons (Fsp3) is 0.778. The molecule has 1 saturated carbocycles. The van der Waals surface area contributed by atoms with Crippen LogP contribution >= 0.6 is 0 Å². The summed E-state index contributed by atoms with van der Waals surface area (Å²) in [7, 11) is 0. The maximum absolute atomic E-state index is 10.4. The van der Waals surface area contributed by atoms with Gasteiger partial charge in [0.25, 0.3) is 6.20 Å². The van der Waals surface area contributed by atoms with Crippen molar-refractivity contribution < 1.29 is 15.1 Å². The van der Waals surface area contributed by atoms with Gasteiger partial charge in [0.05, 0.1) is 22.8 Å². The number of piperidine rings is 1. The lowest BCUT2D eigenvalue weighted by Gasteiger charge is -2.38. The Balaban J connectivity index is 2.29. The van der Waals surface area contributed by atoms with Crippen molar-refractivity contribution in [3.8, 4) is 0 Å². The minimum Gasteiger partial charge on any atom is -0.389 e. The second kappa shape index (κ2) is 3.18. The molecule has 0 aromatic carbocycles. The Morgan fingerprint density at radius 3 is 2.67 bits per heavy atom. The van der Waals surface area contributed by atoms with E-state index in [1.54, 1.807) is 6.92 Å². The first kappa shape index (κ1) is 10.4. The zero-order valence-corrected chi connectivity index (χ0v) is 8.38. The number of aliphatic hydroxyl groups excluding tert-OH is 2. The van der Waals surface area contributed by atoms with Crippen LogP contribution in [0.5, 0.6) is 0 Å². The fourth-order valence-electron chi connectivity index (χ4n) is 2.21. The summed E-state index contributed by atoms with van der Waals surface area (Å²) in [6.45, 7) is 1.69. The summed E-state index contributed by atoms with van der Waals surface area (Å²) in [4.78, 5) is 9.89. The van der Waals surface area contributed by atoms with E-state index in [0.29, 0.717) is 18.5 Å². The maximum atomic E-state index is 10.4. The number of nitrogens with zero attached hydrogens (tertiary/aromatic N) is 1. The molecule has 2 aliphatic rings. The smallest absolute Gasteiger partial charge is 0.253 e. The van der Waals surface area contributed by atoms with Gasteiger partial charge < -0.3 is 15.5 Å². The van der Waals surface area contributed by atoms with Crippen LogP contribution in [0, 0.1) is 15.5 Å². The van der Waals surface area contributed by atoms with E-state index in [2.05, 4.69) is 5.32 Å². The predicted octanol–water partition coefficient (Wildman–Crippen LogP) is -0.402. The first-order valence-corrected chi connectivity index (χ1v) is 4.96. The van der Waals surface area contributed by atoms with Crippen molar-refractivity contribution in [1.82, 2.24) is 5.32 Å². The Kier molecular flexibility index (Phi) is 2.20. The molecular weight excluding hydrogens is 200 g/mol. The van der Waals surface area contributed by atoms with E-state index in [-0.39, 0.29) is 6.04 Å². The van der Waals surface area contributed by atoms with Crippen LogP contribution in [-0.2, 0) is 0 Å². The molecule has 3 atom stereocenters. The highest BCUT2D eigenvalue weighted by Gasteiger charge is 2.59. The van der Waals surface area contributed by atoms with Crippen LogP contribution in [-0.4, -0.2) is 33.4 Å². The van der Waals surface area contributed by atoms with Crippen molar-refractivity contribution in [2.75, 3.05) is 0 Å². The highest BCUT2D eigenvalue weighted by atomic mass is 16.6. The highest BCUT2D eigenvalue weighted by Crippen LogP contribution is 2.56. The van der Waals surface area contributed by atoms with E-state index in [1.807, 2.05) is 0 Å². The summed E-state index contributed by atoms with van der Waals surface area (Å²) >= 11 is 0. The van der Waals surface area contributed by atoms with Crippen molar-refractivity contribution in [1.29, 1.82) is 0 Å². The number of aliphatic hydroxyl groups is 2. The monoisotopic (exact) mass is 214 g/mol. The van der Waals surface area contributed by atoms with Crippen molar-refractivity contribution in [3.05, 3.63) is 22.0 Å².